The molecule has 19 heavy (non-hydrogen) atoms. The maximum absolute atomic E-state index is 12.1. The molecule has 0 radical (unpaired) electrons. The average Bonchev–Trinajstić information content (AvgIpc) is 2.46. The molecule has 0 bridgehead atoms. The number of hydrogen-bond donors (Lipinski definition) is 0. The topological polar surface area (TPSA) is 20.3 Å². The number of nitrogens with zero attached hydrogens (tertiary/aromatic N) is 1. The molecule has 2 aromatic rings. The van der Waals surface area contributed by atoms with Gasteiger partial charge >= 0.3 is 0 Å². The molecule has 1 aliphatic heterocycles. The predicted octanol–water partition coefficient (Wildman–Crippen LogP) is 3.64. The van der Waals surface area contributed by atoms with Crippen LogP contribution >= 0.6 is 0 Å². The summed E-state index contributed by atoms with van der Waals surface area (Å²) in [5, 5.41) is 0. The van der Waals surface area contributed by atoms with Crippen LogP contribution < -0.4 is 4.90 Å². The van der Waals surface area contributed by atoms with Crippen LogP contribution in [0.1, 0.15) is 17.2 Å². The van der Waals surface area contributed by atoms with Gasteiger partial charge in [0.2, 0.25) is 0 Å². The van der Waals surface area contributed by atoms with Gasteiger partial charge in [0, 0.05) is 11.3 Å². The largest absolute Gasteiger partial charge is 0.297 e. The van der Waals surface area contributed by atoms with Crippen molar-refractivity contribution in [3.63, 3.8) is 0 Å². The van der Waals surface area contributed by atoms with Gasteiger partial charge in [-0.1, -0.05) is 54.6 Å². The molecule has 1 amide bonds. The molecular formula is C17H15NO. The van der Waals surface area contributed by atoms with Crippen LogP contribution in [0.15, 0.2) is 66.7 Å². The number of carbonyl (C=O) groups is 1. The van der Waals surface area contributed by atoms with Crippen molar-refractivity contribution >= 4 is 11.6 Å². The van der Waals surface area contributed by atoms with Crippen LogP contribution in [0.25, 0.3) is 0 Å². The van der Waals surface area contributed by atoms with Gasteiger partial charge in [-0.05, 0) is 24.6 Å². The van der Waals surface area contributed by atoms with E-state index in [0.29, 0.717) is 5.57 Å². The van der Waals surface area contributed by atoms with Crippen LogP contribution in [-0.2, 0) is 4.79 Å². The molecule has 2 heteroatoms. The van der Waals surface area contributed by atoms with Gasteiger partial charge in [-0.25, -0.2) is 0 Å². The van der Waals surface area contributed by atoms with E-state index >= 15 is 0 Å². The van der Waals surface area contributed by atoms with Crippen LogP contribution in [-0.4, -0.2) is 5.91 Å². The zero-order valence-electron chi connectivity index (χ0n) is 10.8. The smallest absolute Gasteiger partial charge is 0.256 e. The van der Waals surface area contributed by atoms with Crippen molar-refractivity contribution < 1.29 is 4.79 Å². The van der Waals surface area contributed by atoms with E-state index in [-0.39, 0.29) is 11.9 Å². The quantitative estimate of drug-likeness (QED) is 0.588. The Labute approximate surface area is 113 Å². The molecular weight excluding hydrogens is 234 g/mol. The van der Waals surface area contributed by atoms with E-state index in [1.807, 2.05) is 61.5 Å². The van der Waals surface area contributed by atoms with Gasteiger partial charge in [0.25, 0.3) is 5.91 Å². The van der Waals surface area contributed by atoms with Gasteiger partial charge in [-0.15, -0.1) is 0 Å². The molecule has 94 valence electrons. The monoisotopic (exact) mass is 249 g/mol. The highest BCUT2D eigenvalue weighted by Crippen LogP contribution is 2.41. The molecule has 0 aliphatic carbocycles. The lowest BCUT2D eigenvalue weighted by molar-refractivity contribution is -0.118. The number of benzene rings is 2. The summed E-state index contributed by atoms with van der Waals surface area (Å²) in [6, 6.07) is 18.0. The maximum atomic E-state index is 12.1. The number of aryl methyl sites for hydroxylation is 1. The predicted molar refractivity (Wildman–Crippen MR) is 77.0 cm³/mol. The third-order valence-corrected chi connectivity index (χ3v) is 3.51. The molecule has 2 aromatic carbocycles. The first-order valence-electron chi connectivity index (χ1n) is 6.32. The summed E-state index contributed by atoms with van der Waals surface area (Å²) < 4.78 is 0. The van der Waals surface area contributed by atoms with E-state index < -0.39 is 0 Å². The molecule has 1 fully saturated rings. The highest BCUT2D eigenvalue weighted by Gasteiger charge is 2.42. The Hall–Kier alpha value is -2.35. The van der Waals surface area contributed by atoms with Crippen molar-refractivity contribution in [2.75, 3.05) is 4.90 Å². The number of carbonyl (C=O) groups excluding carboxylic acids is 1. The van der Waals surface area contributed by atoms with Gasteiger partial charge < -0.3 is 0 Å². The van der Waals surface area contributed by atoms with E-state index in [4.69, 9.17) is 0 Å². The molecule has 0 spiro atoms. The fourth-order valence-electron chi connectivity index (χ4n) is 2.44. The number of anilines is 1. The lowest BCUT2D eigenvalue weighted by Crippen LogP contribution is -2.48. The lowest BCUT2D eigenvalue weighted by atomic mass is 9.88. The third-order valence-electron chi connectivity index (χ3n) is 3.51. The normalized spacial score (nSPS) is 18.4. The Morgan fingerprint density at radius 1 is 1.00 bits per heavy atom. The maximum Gasteiger partial charge on any atom is 0.256 e. The lowest BCUT2D eigenvalue weighted by Gasteiger charge is -2.42. The Morgan fingerprint density at radius 2 is 1.63 bits per heavy atom. The highest BCUT2D eigenvalue weighted by molar-refractivity contribution is 6.14. The standard InChI is InChI=1S/C17H15NO/c1-12-8-10-15(11-9-12)18-16(13(2)17(18)19)14-6-4-3-5-7-14/h3-11,16H,2H2,1H3/t16-/m1/s1. The van der Waals surface area contributed by atoms with Gasteiger partial charge in [-0.2, -0.15) is 0 Å². The van der Waals surface area contributed by atoms with Crippen LogP contribution in [0.3, 0.4) is 0 Å². The summed E-state index contributed by atoms with van der Waals surface area (Å²) in [7, 11) is 0. The first-order chi connectivity index (χ1) is 9.18. The Bertz CT molecular complexity index is 628. The molecule has 1 heterocycles. The van der Waals surface area contributed by atoms with E-state index in [9.17, 15) is 4.79 Å². The first-order valence-corrected chi connectivity index (χ1v) is 6.32. The minimum atomic E-state index is -0.0311. The van der Waals surface area contributed by atoms with E-state index in [1.54, 1.807) is 4.90 Å². The Morgan fingerprint density at radius 3 is 2.26 bits per heavy atom. The third kappa shape index (κ3) is 1.85. The summed E-state index contributed by atoms with van der Waals surface area (Å²) in [5.41, 5.74) is 3.88. The average molecular weight is 249 g/mol. The second-order valence-electron chi connectivity index (χ2n) is 4.85. The van der Waals surface area contributed by atoms with Crippen LogP contribution in [0.2, 0.25) is 0 Å². The van der Waals surface area contributed by atoms with Crippen molar-refractivity contribution in [2.45, 2.75) is 13.0 Å². The summed E-state index contributed by atoms with van der Waals surface area (Å²) in [4.78, 5) is 13.9. The molecule has 0 N–H and O–H groups in total. The van der Waals surface area contributed by atoms with Gasteiger partial charge in [0.05, 0.1) is 6.04 Å². The number of amides is 1. The van der Waals surface area contributed by atoms with Crippen molar-refractivity contribution in [1.82, 2.24) is 0 Å². The first kappa shape index (κ1) is 11.7. The fourth-order valence-corrected chi connectivity index (χ4v) is 2.44. The molecule has 0 unspecified atom stereocenters. The van der Waals surface area contributed by atoms with Gasteiger partial charge in [-0.3, -0.25) is 9.69 Å². The number of β-lactam (4-membered cyclic amide) rings is 1. The highest BCUT2D eigenvalue weighted by atomic mass is 16.2. The Balaban J connectivity index is 1.98. The molecule has 1 aliphatic rings. The molecule has 1 atom stereocenters. The van der Waals surface area contributed by atoms with Crippen molar-refractivity contribution in [3.05, 3.63) is 77.9 Å². The minimum Gasteiger partial charge on any atom is -0.297 e. The second kappa shape index (κ2) is 4.39. The van der Waals surface area contributed by atoms with E-state index in [0.717, 1.165) is 11.3 Å². The van der Waals surface area contributed by atoms with E-state index in [2.05, 4.69) is 6.58 Å². The van der Waals surface area contributed by atoms with Crippen LogP contribution in [0, 0.1) is 6.92 Å². The minimum absolute atomic E-state index is 0.0118. The number of rotatable bonds is 2. The second-order valence-corrected chi connectivity index (χ2v) is 4.85. The molecule has 3 rings (SSSR count). The zero-order valence-corrected chi connectivity index (χ0v) is 10.8. The summed E-state index contributed by atoms with van der Waals surface area (Å²) in [5.74, 6) is 0.0118. The van der Waals surface area contributed by atoms with Gasteiger partial charge in [0.1, 0.15) is 0 Å². The Kier molecular flexibility index (Phi) is 2.71. The summed E-state index contributed by atoms with van der Waals surface area (Å²) in [6.45, 7) is 5.94. The zero-order chi connectivity index (χ0) is 13.4. The number of hydrogen-bond acceptors (Lipinski definition) is 1. The summed E-state index contributed by atoms with van der Waals surface area (Å²) in [6.07, 6.45) is 0. The van der Waals surface area contributed by atoms with Crippen LogP contribution in [0.4, 0.5) is 5.69 Å². The molecule has 1 saturated heterocycles. The fraction of sp³-hybridized carbons (Fsp3) is 0.118. The van der Waals surface area contributed by atoms with Crippen molar-refractivity contribution in [2.24, 2.45) is 0 Å². The van der Waals surface area contributed by atoms with Crippen LogP contribution in [0.5, 0.6) is 0 Å². The van der Waals surface area contributed by atoms with Gasteiger partial charge in [0.15, 0.2) is 0 Å². The van der Waals surface area contributed by atoms with Crippen molar-refractivity contribution in [1.29, 1.82) is 0 Å². The molecule has 0 aromatic heterocycles. The van der Waals surface area contributed by atoms with Crippen molar-refractivity contribution in [3.8, 4) is 0 Å². The SMILES string of the molecule is C=C1C(=O)N(c2ccc(C)cc2)[C@H]1c1ccccc1. The molecule has 0 saturated carbocycles. The summed E-state index contributed by atoms with van der Waals surface area (Å²) >= 11 is 0. The van der Waals surface area contributed by atoms with E-state index in [1.165, 1.54) is 5.56 Å². The molecule has 2 nitrogen and oxygen atoms in total.